The zero-order valence-electron chi connectivity index (χ0n) is 11.6. The summed E-state index contributed by atoms with van der Waals surface area (Å²) in [6.45, 7) is 1.79. The Balaban J connectivity index is 1.68. The topological polar surface area (TPSA) is 103 Å². The van der Waals surface area contributed by atoms with Crippen molar-refractivity contribution in [1.29, 1.82) is 0 Å². The highest BCUT2D eigenvalue weighted by atomic mass is 16.1. The predicted octanol–water partition coefficient (Wildman–Crippen LogP) is 0.801. The molecule has 2 aromatic heterocycles. The number of nitrogens with zero attached hydrogens (tertiary/aromatic N) is 4. The number of rotatable bonds is 3. The Morgan fingerprint density at radius 1 is 1.29 bits per heavy atom. The van der Waals surface area contributed by atoms with E-state index in [4.69, 9.17) is 11.5 Å². The number of nitrogen functional groups attached to an aromatic ring is 1. The summed E-state index contributed by atoms with van der Waals surface area (Å²) in [7, 11) is 0. The minimum absolute atomic E-state index is 0.300. The summed E-state index contributed by atoms with van der Waals surface area (Å²) < 4.78 is 1.94. The first-order valence-corrected chi connectivity index (χ1v) is 6.95. The smallest absolute Gasteiger partial charge is 0.267 e. The maximum Gasteiger partial charge on any atom is 0.267 e. The molecule has 110 valence electrons. The molecule has 2 aromatic rings. The van der Waals surface area contributed by atoms with Crippen molar-refractivity contribution in [3.63, 3.8) is 0 Å². The average Bonchev–Trinajstić information content (AvgIpc) is 2.94. The van der Waals surface area contributed by atoms with Crippen molar-refractivity contribution in [3.05, 3.63) is 36.3 Å². The monoisotopic (exact) mass is 286 g/mol. The average molecular weight is 286 g/mol. The zero-order chi connectivity index (χ0) is 14.8. The van der Waals surface area contributed by atoms with Crippen molar-refractivity contribution >= 4 is 17.4 Å². The normalized spacial score (nSPS) is 16.1. The van der Waals surface area contributed by atoms with E-state index in [-0.39, 0.29) is 0 Å². The van der Waals surface area contributed by atoms with Crippen molar-refractivity contribution in [1.82, 2.24) is 14.8 Å². The van der Waals surface area contributed by atoms with Crippen molar-refractivity contribution in [3.8, 4) is 0 Å². The number of hydrogen-bond acceptors (Lipinski definition) is 5. The van der Waals surface area contributed by atoms with Crippen molar-refractivity contribution in [2.45, 2.75) is 18.9 Å². The molecule has 0 spiro atoms. The molecule has 3 heterocycles. The van der Waals surface area contributed by atoms with Crippen molar-refractivity contribution < 1.29 is 4.79 Å². The molecule has 1 fully saturated rings. The Hall–Kier alpha value is -2.57. The van der Waals surface area contributed by atoms with Crippen LogP contribution in [0.2, 0.25) is 0 Å². The third-order valence-corrected chi connectivity index (χ3v) is 3.83. The van der Waals surface area contributed by atoms with E-state index in [1.165, 1.54) is 0 Å². The fraction of sp³-hybridized carbons (Fsp3) is 0.357. The Bertz CT molecular complexity index is 644. The molecular formula is C14H18N6O. The third-order valence-electron chi connectivity index (χ3n) is 3.83. The van der Waals surface area contributed by atoms with Gasteiger partial charge in [-0.05, 0) is 31.0 Å². The summed E-state index contributed by atoms with van der Waals surface area (Å²) >= 11 is 0. The van der Waals surface area contributed by atoms with E-state index in [0.717, 1.165) is 31.6 Å². The van der Waals surface area contributed by atoms with Gasteiger partial charge in [-0.25, -0.2) is 0 Å². The number of amides is 1. The molecule has 0 atom stereocenters. The maximum absolute atomic E-state index is 11.2. The number of carbonyl (C=O) groups is 1. The largest absolute Gasteiger partial charge is 0.382 e. The lowest BCUT2D eigenvalue weighted by Gasteiger charge is -2.33. The lowest BCUT2D eigenvalue weighted by molar-refractivity contribution is 0.0995. The van der Waals surface area contributed by atoms with Crippen LogP contribution >= 0.6 is 0 Å². The van der Waals surface area contributed by atoms with Gasteiger partial charge in [-0.15, -0.1) is 0 Å². The minimum atomic E-state index is -0.501. The quantitative estimate of drug-likeness (QED) is 0.868. The second-order valence-electron chi connectivity index (χ2n) is 5.20. The number of nitrogens with two attached hydrogens (primary N) is 2. The van der Waals surface area contributed by atoms with Gasteiger partial charge >= 0.3 is 0 Å². The van der Waals surface area contributed by atoms with Crippen LogP contribution in [0.3, 0.4) is 0 Å². The Kier molecular flexibility index (Phi) is 3.47. The number of aromatic nitrogens is 3. The molecule has 0 saturated carbocycles. The Morgan fingerprint density at radius 2 is 2.05 bits per heavy atom. The lowest BCUT2D eigenvalue weighted by Crippen LogP contribution is -2.35. The van der Waals surface area contributed by atoms with E-state index < -0.39 is 5.91 Å². The molecule has 7 heteroatoms. The van der Waals surface area contributed by atoms with Gasteiger partial charge in [-0.3, -0.25) is 14.5 Å². The molecule has 1 aliphatic heterocycles. The van der Waals surface area contributed by atoms with Crippen molar-refractivity contribution in [2.75, 3.05) is 23.7 Å². The summed E-state index contributed by atoms with van der Waals surface area (Å²) in [6, 6.07) is 5.83. The molecule has 21 heavy (non-hydrogen) atoms. The van der Waals surface area contributed by atoms with Gasteiger partial charge in [0.05, 0.1) is 6.04 Å². The summed E-state index contributed by atoms with van der Waals surface area (Å²) in [5, 5.41) is 4.27. The lowest BCUT2D eigenvalue weighted by atomic mass is 10.0. The van der Waals surface area contributed by atoms with E-state index in [1.54, 1.807) is 12.3 Å². The summed E-state index contributed by atoms with van der Waals surface area (Å²) in [5.41, 5.74) is 12.2. The van der Waals surface area contributed by atoms with Crippen LogP contribution in [0.4, 0.5) is 11.5 Å². The highest BCUT2D eigenvalue weighted by Crippen LogP contribution is 2.26. The van der Waals surface area contributed by atoms with Gasteiger partial charge < -0.3 is 16.4 Å². The van der Waals surface area contributed by atoms with Crippen LogP contribution in [0, 0.1) is 0 Å². The molecule has 3 rings (SSSR count). The van der Waals surface area contributed by atoms with E-state index in [2.05, 4.69) is 15.0 Å². The molecule has 1 saturated heterocycles. The SMILES string of the molecule is NC(=O)c1cc(N2CCC(n3ccc(N)n3)CC2)ccn1. The number of primary amides is 1. The number of carbonyl (C=O) groups excluding carboxylic acids is 1. The number of hydrogen-bond donors (Lipinski definition) is 2. The molecule has 1 aliphatic rings. The standard InChI is InChI=1S/C14H18N6O/c15-13-4-8-20(18-13)10-2-6-19(7-3-10)11-1-5-17-12(9-11)14(16)21/h1,4-5,8-10H,2-3,6-7H2,(H2,15,18)(H2,16,21). The van der Waals surface area contributed by atoms with Crippen LogP contribution in [0.1, 0.15) is 29.4 Å². The first-order chi connectivity index (χ1) is 10.1. The van der Waals surface area contributed by atoms with Gasteiger partial charge in [-0.2, -0.15) is 5.10 Å². The second-order valence-corrected chi connectivity index (χ2v) is 5.20. The summed E-state index contributed by atoms with van der Waals surface area (Å²) in [4.78, 5) is 17.4. The van der Waals surface area contributed by atoms with E-state index in [9.17, 15) is 4.79 Å². The molecule has 0 aliphatic carbocycles. The summed E-state index contributed by atoms with van der Waals surface area (Å²) in [5.74, 6) is 0.0522. The molecule has 0 aromatic carbocycles. The van der Waals surface area contributed by atoms with Gasteiger partial charge in [0, 0.05) is 31.2 Å². The van der Waals surface area contributed by atoms with Crippen LogP contribution in [-0.2, 0) is 0 Å². The fourth-order valence-corrected chi connectivity index (χ4v) is 2.70. The van der Waals surface area contributed by atoms with Gasteiger partial charge in [-0.1, -0.05) is 0 Å². The molecule has 4 N–H and O–H groups in total. The minimum Gasteiger partial charge on any atom is -0.382 e. The third kappa shape index (κ3) is 2.81. The van der Waals surface area contributed by atoms with Crippen LogP contribution in [0.5, 0.6) is 0 Å². The number of pyridine rings is 1. The van der Waals surface area contributed by atoms with Gasteiger partial charge in [0.2, 0.25) is 0 Å². The van der Waals surface area contributed by atoms with Crippen LogP contribution in [0.25, 0.3) is 0 Å². The van der Waals surface area contributed by atoms with Gasteiger partial charge in [0.1, 0.15) is 11.5 Å². The molecule has 7 nitrogen and oxygen atoms in total. The van der Waals surface area contributed by atoms with Crippen molar-refractivity contribution in [2.24, 2.45) is 5.73 Å². The molecule has 1 amide bonds. The second kappa shape index (κ2) is 5.43. The number of anilines is 2. The highest BCUT2D eigenvalue weighted by Gasteiger charge is 2.21. The molecule has 0 radical (unpaired) electrons. The van der Waals surface area contributed by atoms with Gasteiger partial charge in [0.15, 0.2) is 0 Å². The number of piperidine rings is 1. The van der Waals surface area contributed by atoms with E-state index in [1.807, 2.05) is 23.0 Å². The van der Waals surface area contributed by atoms with Crippen LogP contribution in [0.15, 0.2) is 30.6 Å². The Morgan fingerprint density at radius 3 is 2.67 bits per heavy atom. The van der Waals surface area contributed by atoms with Crippen LogP contribution < -0.4 is 16.4 Å². The first-order valence-electron chi connectivity index (χ1n) is 6.95. The molecule has 0 unspecified atom stereocenters. The van der Waals surface area contributed by atoms with E-state index >= 15 is 0 Å². The highest BCUT2D eigenvalue weighted by molar-refractivity contribution is 5.91. The molecular weight excluding hydrogens is 268 g/mol. The Labute approximate surface area is 122 Å². The van der Waals surface area contributed by atoms with Gasteiger partial charge in [0.25, 0.3) is 5.91 Å². The van der Waals surface area contributed by atoms with E-state index in [0.29, 0.717) is 17.6 Å². The molecule has 0 bridgehead atoms. The maximum atomic E-state index is 11.2. The van der Waals surface area contributed by atoms with Crippen LogP contribution in [-0.4, -0.2) is 33.8 Å². The fourth-order valence-electron chi connectivity index (χ4n) is 2.70. The zero-order valence-corrected chi connectivity index (χ0v) is 11.6. The predicted molar refractivity (Wildman–Crippen MR) is 79.9 cm³/mol. The summed E-state index contributed by atoms with van der Waals surface area (Å²) in [6.07, 6.45) is 5.51. The first kappa shape index (κ1) is 13.4.